The summed E-state index contributed by atoms with van der Waals surface area (Å²) in [6.07, 6.45) is 5.34. The van der Waals surface area contributed by atoms with Crippen molar-refractivity contribution in [1.29, 1.82) is 5.26 Å². The highest BCUT2D eigenvalue weighted by molar-refractivity contribution is 5.32. The van der Waals surface area contributed by atoms with Gasteiger partial charge in [0, 0.05) is 32.8 Å². The van der Waals surface area contributed by atoms with Gasteiger partial charge in [-0.05, 0) is 43.4 Å². The fraction of sp³-hybridized carbons (Fsp3) is 0.611. The molecule has 0 saturated carbocycles. The van der Waals surface area contributed by atoms with Gasteiger partial charge in [0.25, 0.3) is 0 Å². The van der Waals surface area contributed by atoms with E-state index in [0.717, 1.165) is 51.3 Å². The molecular formula is C18H24N2O2. The van der Waals surface area contributed by atoms with Crippen LogP contribution in [0.25, 0.3) is 0 Å². The summed E-state index contributed by atoms with van der Waals surface area (Å²) >= 11 is 0. The van der Waals surface area contributed by atoms with Crippen molar-refractivity contribution in [2.45, 2.75) is 44.4 Å². The van der Waals surface area contributed by atoms with Crippen LogP contribution in [0, 0.1) is 11.3 Å². The van der Waals surface area contributed by atoms with Crippen molar-refractivity contribution < 1.29 is 9.47 Å². The summed E-state index contributed by atoms with van der Waals surface area (Å²) in [4.78, 5) is 2.43. The number of hydrogen-bond donors (Lipinski definition) is 0. The zero-order valence-corrected chi connectivity index (χ0v) is 13.0. The zero-order chi connectivity index (χ0) is 15.2. The average molecular weight is 300 g/mol. The van der Waals surface area contributed by atoms with E-state index in [1.807, 2.05) is 18.2 Å². The number of nitriles is 1. The Morgan fingerprint density at radius 3 is 2.32 bits per heavy atom. The monoisotopic (exact) mass is 300 g/mol. The van der Waals surface area contributed by atoms with Crippen molar-refractivity contribution in [1.82, 2.24) is 4.90 Å². The Kier molecular flexibility index (Phi) is 5.44. The van der Waals surface area contributed by atoms with Gasteiger partial charge in [0.2, 0.25) is 0 Å². The molecule has 1 aromatic carbocycles. The highest BCUT2D eigenvalue weighted by Gasteiger charge is 2.24. The van der Waals surface area contributed by atoms with Crippen LogP contribution in [-0.4, -0.2) is 43.4 Å². The van der Waals surface area contributed by atoms with E-state index >= 15 is 0 Å². The minimum absolute atomic E-state index is 0.348. The molecule has 2 fully saturated rings. The van der Waals surface area contributed by atoms with Crippen LogP contribution in [0.2, 0.25) is 0 Å². The van der Waals surface area contributed by atoms with Crippen LogP contribution in [0.4, 0.5) is 0 Å². The Labute approximate surface area is 132 Å². The summed E-state index contributed by atoms with van der Waals surface area (Å²) in [6.45, 7) is 4.55. The average Bonchev–Trinajstić information content (AvgIpc) is 3.21. The fourth-order valence-corrected chi connectivity index (χ4v) is 3.35. The van der Waals surface area contributed by atoms with Gasteiger partial charge in [-0.3, -0.25) is 4.90 Å². The van der Waals surface area contributed by atoms with Gasteiger partial charge in [-0.1, -0.05) is 12.1 Å². The molecule has 22 heavy (non-hydrogen) atoms. The summed E-state index contributed by atoms with van der Waals surface area (Å²) in [5.74, 6) is 0. The smallest absolute Gasteiger partial charge is 0.0991 e. The fourth-order valence-electron chi connectivity index (χ4n) is 3.35. The number of ether oxygens (including phenoxy) is 2. The predicted octanol–water partition coefficient (Wildman–Crippen LogP) is 2.72. The third-order valence-electron chi connectivity index (χ3n) is 4.43. The van der Waals surface area contributed by atoms with Crippen molar-refractivity contribution in [3.05, 3.63) is 35.4 Å². The number of rotatable bonds is 6. The van der Waals surface area contributed by atoms with Gasteiger partial charge in [0.1, 0.15) is 0 Å². The molecule has 3 rings (SSSR count). The molecule has 0 N–H and O–H groups in total. The Bertz CT molecular complexity index is 496. The van der Waals surface area contributed by atoms with E-state index in [9.17, 15) is 0 Å². The third kappa shape index (κ3) is 4.30. The highest BCUT2D eigenvalue weighted by Crippen LogP contribution is 2.19. The standard InChI is InChI=1S/C18H24N2O2/c19-11-15-4-1-5-16(10-15)12-20(13-17-6-2-8-21-17)14-18-7-3-9-22-18/h1,4-5,10,17-18H,2-3,6-9,12-14H2/t17-,18-/m1/s1. The van der Waals surface area contributed by atoms with Gasteiger partial charge in [-0.2, -0.15) is 5.26 Å². The molecule has 0 aliphatic carbocycles. The van der Waals surface area contributed by atoms with E-state index in [0.29, 0.717) is 12.2 Å². The molecule has 0 bridgehead atoms. The van der Waals surface area contributed by atoms with E-state index in [2.05, 4.69) is 17.0 Å². The van der Waals surface area contributed by atoms with Crippen LogP contribution in [0.3, 0.4) is 0 Å². The first-order valence-corrected chi connectivity index (χ1v) is 8.28. The molecule has 118 valence electrons. The summed E-state index contributed by atoms with van der Waals surface area (Å²) in [5.41, 5.74) is 1.92. The molecule has 0 unspecified atom stereocenters. The maximum Gasteiger partial charge on any atom is 0.0991 e. The van der Waals surface area contributed by atoms with Gasteiger partial charge in [-0.25, -0.2) is 0 Å². The van der Waals surface area contributed by atoms with Gasteiger partial charge in [-0.15, -0.1) is 0 Å². The predicted molar refractivity (Wildman–Crippen MR) is 84.4 cm³/mol. The Balaban J connectivity index is 1.64. The Morgan fingerprint density at radius 1 is 1.09 bits per heavy atom. The van der Waals surface area contributed by atoms with E-state index in [1.54, 1.807) is 0 Å². The number of hydrogen-bond acceptors (Lipinski definition) is 4. The van der Waals surface area contributed by atoms with E-state index < -0.39 is 0 Å². The molecule has 4 nitrogen and oxygen atoms in total. The van der Waals surface area contributed by atoms with E-state index in [1.165, 1.54) is 18.4 Å². The van der Waals surface area contributed by atoms with Gasteiger partial charge >= 0.3 is 0 Å². The van der Waals surface area contributed by atoms with Crippen molar-refractivity contribution >= 4 is 0 Å². The van der Waals surface area contributed by atoms with Crippen LogP contribution in [-0.2, 0) is 16.0 Å². The highest BCUT2D eigenvalue weighted by atomic mass is 16.5. The molecule has 2 heterocycles. The second kappa shape index (κ2) is 7.73. The van der Waals surface area contributed by atoms with E-state index in [-0.39, 0.29) is 0 Å². The number of nitrogens with zero attached hydrogens (tertiary/aromatic N) is 2. The largest absolute Gasteiger partial charge is 0.377 e. The van der Waals surface area contributed by atoms with E-state index in [4.69, 9.17) is 14.7 Å². The lowest BCUT2D eigenvalue weighted by atomic mass is 10.1. The van der Waals surface area contributed by atoms with Gasteiger partial charge in [0.05, 0.1) is 23.8 Å². The topological polar surface area (TPSA) is 45.5 Å². The summed E-state index contributed by atoms with van der Waals surface area (Å²) in [6, 6.07) is 10.1. The SMILES string of the molecule is N#Cc1cccc(CN(C[C@H]2CCCO2)C[C@H]2CCCO2)c1. The maximum atomic E-state index is 9.05. The molecule has 2 aliphatic heterocycles. The van der Waals surface area contributed by atoms with Gasteiger partial charge < -0.3 is 9.47 Å². The van der Waals surface area contributed by atoms with Crippen LogP contribution >= 0.6 is 0 Å². The van der Waals surface area contributed by atoms with Crippen LogP contribution in [0.15, 0.2) is 24.3 Å². The first-order chi connectivity index (χ1) is 10.8. The molecule has 0 radical (unpaired) electrons. The summed E-state index contributed by atoms with van der Waals surface area (Å²) < 4.78 is 11.6. The van der Waals surface area contributed by atoms with Crippen molar-refractivity contribution in [3.8, 4) is 6.07 Å². The molecule has 0 amide bonds. The number of benzene rings is 1. The van der Waals surface area contributed by atoms with Crippen molar-refractivity contribution in [2.75, 3.05) is 26.3 Å². The third-order valence-corrected chi connectivity index (χ3v) is 4.43. The molecular weight excluding hydrogens is 276 g/mol. The molecule has 2 aliphatic rings. The lowest BCUT2D eigenvalue weighted by Gasteiger charge is -2.27. The molecule has 0 spiro atoms. The van der Waals surface area contributed by atoms with Crippen LogP contribution in [0.5, 0.6) is 0 Å². The molecule has 2 saturated heterocycles. The maximum absolute atomic E-state index is 9.05. The quantitative estimate of drug-likeness (QED) is 0.810. The lowest BCUT2D eigenvalue weighted by molar-refractivity contribution is 0.0346. The van der Waals surface area contributed by atoms with Crippen molar-refractivity contribution in [3.63, 3.8) is 0 Å². The first kappa shape index (κ1) is 15.5. The van der Waals surface area contributed by atoms with Crippen LogP contribution < -0.4 is 0 Å². The Hall–Kier alpha value is -1.41. The normalized spacial score (nSPS) is 24.7. The molecule has 2 atom stereocenters. The molecule has 1 aromatic rings. The lowest BCUT2D eigenvalue weighted by Crippen LogP contribution is -2.37. The van der Waals surface area contributed by atoms with Gasteiger partial charge in [0.15, 0.2) is 0 Å². The first-order valence-electron chi connectivity index (χ1n) is 8.28. The Morgan fingerprint density at radius 2 is 1.77 bits per heavy atom. The second-order valence-electron chi connectivity index (χ2n) is 6.28. The summed E-state index contributed by atoms with van der Waals surface area (Å²) in [7, 11) is 0. The zero-order valence-electron chi connectivity index (χ0n) is 13.0. The minimum Gasteiger partial charge on any atom is -0.377 e. The van der Waals surface area contributed by atoms with Crippen LogP contribution in [0.1, 0.15) is 36.8 Å². The molecule has 0 aromatic heterocycles. The minimum atomic E-state index is 0.348. The summed E-state index contributed by atoms with van der Waals surface area (Å²) in [5, 5.41) is 9.05. The molecule has 4 heteroatoms. The van der Waals surface area contributed by atoms with Crippen molar-refractivity contribution in [2.24, 2.45) is 0 Å². The second-order valence-corrected chi connectivity index (χ2v) is 6.28.